The highest BCUT2D eigenvalue weighted by atomic mass is 33.1. The third kappa shape index (κ3) is 1.41. The highest BCUT2D eigenvalue weighted by Gasteiger charge is 2.27. The molecule has 2 rings (SSSR count). The molecule has 1 atom stereocenters. The van der Waals surface area contributed by atoms with Gasteiger partial charge in [-0.1, -0.05) is 33.8 Å². The first-order chi connectivity index (χ1) is 5.29. The SMILES string of the molecule is S=C1CC(S)C2=C1SSC=C2. The Morgan fingerprint density at radius 3 is 3.18 bits per heavy atom. The van der Waals surface area contributed by atoms with Gasteiger partial charge in [0.05, 0.1) is 0 Å². The normalized spacial score (nSPS) is 29.5. The summed E-state index contributed by atoms with van der Waals surface area (Å²) >= 11 is 9.67. The molecule has 1 heterocycles. The van der Waals surface area contributed by atoms with Gasteiger partial charge < -0.3 is 0 Å². The smallest absolute Gasteiger partial charge is 0.0369 e. The molecule has 0 saturated carbocycles. The summed E-state index contributed by atoms with van der Waals surface area (Å²) in [7, 11) is 3.50. The van der Waals surface area contributed by atoms with Gasteiger partial charge in [0.2, 0.25) is 0 Å². The largest absolute Gasteiger partial charge is 0.171 e. The van der Waals surface area contributed by atoms with Crippen LogP contribution in [0.5, 0.6) is 0 Å². The Morgan fingerprint density at radius 1 is 1.64 bits per heavy atom. The quantitative estimate of drug-likeness (QED) is 0.377. The van der Waals surface area contributed by atoms with Crippen LogP contribution in [-0.2, 0) is 0 Å². The maximum Gasteiger partial charge on any atom is 0.0369 e. The van der Waals surface area contributed by atoms with Crippen LogP contribution in [0.15, 0.2) is 22.0 Å². The van der Waals surface area contributed by atoms with Crippen LogP contribution in [-0.4, -0.2) is 10.1 Å². The lowest BCUT2D eigenvalue weighted by molar-refractivity contribution is 1.14. The Hall–Kier alpha value is 0.620. The summed E-state index contributed by atoms with van der Waals surface area (Å²) in [6, 6.07) is 0. The van der Waals surface area contributed by atoms with E-state index in [9.17, 15) is 0 Å². The Kier molecular flexibility index (Phi) is 2.37. The molecule has 1 aliphatic heterocycles. The first kappa shape index (κ1) is 8.23. The van der Waals surface area contributed by atoms with Crippen LogP contribution < -0.4 is 0 Å². The van der Waals surface area contributed by atoms with E-state index in [4.69, 9.17) is 12.2 Å². The second-order valence-corrected chi connectivity index (χ2v) is 5.64. The van der Waals surface area contributed by atoms with E-state index < -0.39 is 0 Å². The standard InChI is InChI=1S/C7H6S4/c8-5-3-6(9)7-4(5)1-2-10-11-7/h1-2,5,8H,3H2. The third-order valence-electron chi connectivity index (χ3n) is 1.69. The molecule has 1 unspecified atom stereocenters. The number of hydrogen-bond acceptors (Lipinski definition) is 4. The van der Waals surface area contributed by atoms with Crippen molar-refractivity contribution in [2.24, 2.45) is 0 Å². The summed E-state index contributed by atoms with van der Waals surface area (Å²) in [5.74, 6) is 0. The Bertz CT molecular complexity index is 264. The number of rotatable bonds is 0. The van der Waals surface area contributed by atoms with E-state index in [0.717, 1.165) is 11.3 Å². The molecule has 0 aromatic carbocycles. The van der Waals surface area contributed by atoms with E-state index in [1.807, 2.05) is 0 Å². The molecular weight excluding hydrogens is 212 g/mol. The highest BCUT2D eigenvalue weighted by Crippen LogP contribution is 2.45. The number of thiol groups is 1. The highest BCUT2D eigenvalue weighted by molar-refractivity contribution is 8.79. The van der Waals surface area contributed by atoms with Gasteiger partial charge in [-0.05, 0) is 23.5 Å². The van der Waals surface area contributed by atoms with Gasteiger partial charge in [0.1, 0.15) is 0 Å². The number of allylic oxidation sites excluding steroid dienone is 2. The number of thiocarbonyl (C=S) groups is 1. The van der Waals surface area contributed by atoms with Crippen molar-refractivity contribution in [1.82, 2.24) is 0 Å². The van der Waals surface area contributed by atoms with Crippen molar-refractivity contribution in [2.45, 2.75) is 11.7 Å². The average molecular weight is 218 g/mol. The van der Waals surface area contributed by atoms with Crippen LogP contribution in [0.2, 0.25) is 0 Å². The van der Waals surface area contributed by atoms with Crippen molar-refractivity contribution in [2.75, 3.05) is 0 Å². The van der Waals surface area contributed by atoms with Gasteiger partial charge in [0, 0.05) is 15.0 Å². The fourth-order valence-electron chi connectivity index (χ4n) is 1.15. The van der Waals surface area contributed by atoms with E-state index in [2.05, 4.69) is 24.1 Å². The van der Waals surface area contributed by atoms with E-state index in [1.54, 1.807) is 21.6 Å². The molecule has 1 aliphatic carbocycles. The van der Waals surface area contributed by atoms with E-state index in [1.165, 1.54) is 10.5 Å². The van der Waals surface area contributed by atoms with E-state index in [0.29, 0.717) is 5.25 Å². The van der Waals surface area contributed by atoms with Gasteiger partial charge in [0.25, 0.3) is 0 Å². The van der Waals surface area contributed by atoms with Gasteiger partial charge in [-0.25, -0.2) is 0 Å². The molecule has 0 nitrogen and oxygen atoms in total. The Morgan fingerprint density at radius 2 is 2.45 bits per heavy atom. The topological polar surface area (TPSA) is 0 Å². The second kappa shape index (κ2) is 3.17. The maximum atomic E-state index is 5.22. The molecule has 0 aromatic heterocycles. The second-order valence-electron chi connectivity index (χ2n) is 2.41. The van der Waals surface area contributed by atoms with Crippen LogP contribution in [0.4, 0.5) is 0 Å². The summed E-state index contributed by atoms with van der Waals surface area (Å²) < 4.78 is 0. The van der Waals surface area contributed by atoms with Crippen molar-refractivity contribution >= 4 is 51.3 Å². The lowest BCUT2D eigenvalue weighted by Gasteiger charge is -2.07. The first-order valence-corrected chi connectivity index (χ1v) is 6.38. The average Bonchev–Trinajstić information content (AvgIpc) is 2.30. The van der Waals surface area contributed by atoms with E-state index >= 15 is 0 Å². The van der Waals surface area contributed by atoms with E-state index in [-0.39, 0.29) is 0 Å². The summed E-state index contributed by atoms with van der Waals surface area (Å²) in [6.45, 7) is 0. The molecule has 58 valence electrons. The zero-order valence-electron chi connectivity index (χ0n) is 5.61. The Labute approximate surface area is 84.7 Å². The predicted molar refractivity (Wildman–Crippen MR) is 61.3 cm³/mol. The van der Waals surface area contributed by atoms with Crippen molar-refractivity contribution in [3.8, 4) is 0 Å². The minimum absolute atomic E-state index is 0.349. The van der Waals surface area contributed by atoms with Gasteiger partial charge in [-0.2, -0.15) is 12.6 Å². The van der Waals surface area contributed by atoms with Gasteiger partial charge in [-0.15, -0.1) is 0 Å². The monoisotopic (exact) mass is 218 g/mol. The molecule has 0 saturated heterocycles. The van der Waals surface area contributed by atoms with Crippen LogP contribution in [0.25, 0.3) is 0 Å². The molecule has 0 bridgehead atoms. The number of hydrogen-bond donors (Lipinski definition) is 1. The lowest BCUT2D eigenvalue weighted by Crippen LogP contribution is -1.95. The first-order valence-electron chi connectivity index (χ1n) is 3.24. The molecule has 0 radical (unpaired) electrons. The van der Waals surface area contributed by atoms with Crippen LogP contribution in [0.3, 0.4) is 0 Å². The van der Waals surface area contributed by atoms with Gasteiger partial charge in [0.15, 0.2) is 0 Å². The third-order valence-corrected chi connectivity index (χ3v) is 4.76. The van der Waals surface area contributed by atoms with Gasteiger partial charge in [-0.3, -0.25) is 0 Å². The molecule has 0 spiro atoms. The lowest BCUT2D eigenvalue weighted by atomic mass is 10.2. The van der Waals surface area contributed by atoms with Crippen molar-refractivity contribution < 1.29 is 0 Å². The molecule has 11 heavy (non-hydrogen) atoms. The van der Waals surface area contributed by atoms with Crippen molar-refractivity contribution in [3.05, 3.63) is 22.0 Å². The maximum absolute atomic E-state index is 5.22. The summed E-state index contributed by atoms with van der Waals surface area (Å²) in [6.07, 6.45) is 3.08. The zero-order valence-corrected chi connectivity index (χ0v) is 8.96. The zero-order chi connectivity index (χ0) is 7.84. The molecule has 0 N–H and O–H groups in total. The summed E-state index contributed by atoms with van der Waals surface area (Å²) in [5.41, 5.74) is 1.32. The molecular formula is C7H6S4. The fourth-order valence-corrected chi connectivity index (χ4v) is 4.37. The summed E-state index contributed by atoms with van der Waals surface area (Å²) in [4.78, 5) is 2.37. The van der Waals surface area contributed by atoms with Crippen LogP contribution >= 0.6 is 46.4 Å². The summed E-state index contributed by atoms with van der Waals surface area (Å²) in [5, 5.41) is 2.45. The van der Waals surface area contributed by atoms with Gasteiger partial charge >= 0.3 is 0 Å². The minimum Gasteiger partial charge on any atom is -0.171 e. The van der Waals surface area contributed by atoms with Crippen molar-refractivity contribution in [1.29, 1.82) is 0 Å². The van der Waals surface area contributed by atoms with Crippen molar-refractivity contribution in [3.63, 3.8) is 0 Å². The van der Waals surface area contributed by atoms with Crippen LogP contribution in [0.1, 0.15) is 6.42 Å². The molecule has 0 amide bonds. The molecule has 0 fully saturated rings. The molecule has 2 aliphatic rings. The molecule has 0 aromatic rings. The fraction of sp³-hybridized carbons (Fsp3) is 0.286. The Balaban J connectivity index is 2.41. The minimum atomic E-state index is 0.349. The van der Waals surface area contributed by atoms with Crippen LogP contribution in [0, 0.1) is 0 Å². The molecule has 4 heteroatoms. The predicted octanol–water partition coefficient (Wildman–Crippen LogP) is 3.22.